The van der Waals surface area contributed by atoms with E-state index < -0.39 is 16.8 Å². The highest BCUT2D eigenvalue weighted by Gasteiger charge is 2.11. The molecule has 5 heteroatoms. The van der Waals surface area contributed by atoms with E-state index in [0.29, 0.717) is 11.5 Å². The maximum absolute atomic E-state index is 11.5. The van der Waals surface area contributed by atoms with Gasteiger partial charge in [0.25, 0.3) is 0 Å². The maximum atomic E-state index is 11.5. The Kier molecular flexibility index (Phi) is 5.15. The Hall–Kier alpha value is -1.36. The highest BCUT2D eigenvalue weighted by molar-refractivity contribution is 7.85. The lowest BCUT2D eigenvalue weighted by Gasteiger charge is -2.09. The van der Waals surface area contributed by atoms with Gasteiger partial charge < -0.3 is 9.84 Å². The zero-order chi connectivity index (χ0) is 12.8. The molecule has 0 saturated heterocycles. The first-order valence-electron chi connectivity index (χ1n) is 5.34. The molecule has 1 atom stereocenters. The zero-order valence-corrected chi connectivity index (χ0v) is 10.7. The highest BCUT2D eigenvalue weighted by atomic mass is 32.2. The molecule has 4 nitrogen and oxygen atoms in total. The summed E-state index contributed by atoms with van der Waals surface area (Å²) in [6.45, 7) is 4.01. The zero-order valence-electron chi connectivity index (χ0n) is 9.88. The van der Waals surface area contributed by atoms with Crippen molar-refractivity contribution >= 4 is 16.8 Å². The molecule has 1 aromatic carbocycles. The Morgan fingerprint density at radius 3 is 2.65 bits per heavy atom. The topological polar surface area (TPSA) is 63.6 Å². The van der Waals surface area contributed by atoms with Gasteiger partial charge in [0.15, 0.2) is 0 Å². The lowest BCUT2D eigenvalue weighted by atomic mass is 10.2. The van der Waals surface area contributed by atoms with Crippen molar-refractivity contribution in [1.29, 1.82) is 0 Å². The molecule has 0 fully saturated rings. The largest absolute Gasteiger partial charge is 0.492 e. The molecule has 94 valence electrons. The minimum Gasteiger partial charge on any atom is -0.492 e. The van der Waals surface area contributed by atoms with Crippen molar-refractivity contribution in [2.45, 2.75) is 19.1 Å². The van der Waals surface area contributed by atoms with Gasteiger partial charge in [-0.1, -0.05) is 26.0 Å². The molecule has 1 N–H and O–H groups in total. The first-order valence-corrected chi connectivity index (χ1v) is 6.73. The van der Waals surface area contributed by atoms with Gasteiger partial charge in [-0.2, -0.15) is 0 Å². The van der Waals surface area contributed by atoms with Gasteiger partial charge in [0.2, 0.25) is 0 Å². The molecule has 1 aromatic rings. The average molecular weight is 256 g/mol. The Balaban J connectivity index is 2.58. The van der Waals surface area contributed by atoms with Crippen molar-refractivity contribution in [2.75, 3.05) is 12.4 Å². The lowest BCUT2D eigenvalue weighted by Crippen LogP contribution is -2.16. The molecular formula is C12H16O4S. The van der Waals surface area contributed by atoms with Crippen LogP contribution < -0.4 is 4.74 Å². The molecule has 0 radical (unpaired) electrons. The summed E-state index contributed by atoms with van der Waals surface area (Å²) in [5.41, 5.74) is 0.128. The second-order valence-electron chi connectivity index (χ2n) is 3.78. The summed E-state index contributed by atoms with van der Waals surface area (Å²) in [4.78, 5) is 10.9. The Bertz CT molecular complexity index is 415. The van der Waals surface area contributed by atoms with Crippen molar-refractivity contribution in [1.82, 2.24) is 0 Å². The second-order valence-corrected chi connectivity index (χ2v) is 5.90. The van der Waals surface area contributed by atoms with Crippen LogP contribution in [0.25, 0.3) is 0 Å². The molecule has 0 amide bonds. The molecule has 1 unspecified atom stereocenters. The summed E-state index contributed by atoms with van der Waals surface area (Å²) in [5, 5.41) is 9.01. The summed E-state index contributed by atoms with van der Waals surface area (Å²) in [6.07, 6.45) is 0. The number of rotatable bonds is 6. The molecule has 0 aliphatic carbocycles. The van der Waals surface area contributed by atoms with E-state index in [2.05, 4.69) is 0 Å². The predicted octanol–water partition coefficient (Wildman–Crippen LogP) is 1.92. The van der Waals surface area contributed by atoms with Crippen molar-refractivity contribution in [3.63, 3.8) is 0 Å². The smallest absolute Gasteiger partial charge is 0.339 e. The molecule has 1 rings (SSSR count). The van der Waals surface area contributed by atoms with Crippen LogP contribution in [0.3, 0.4) is 0 Å². The number of para-hydroxylation sites is 1. The van der Waals surface area contributed by atoms with Crippen LogP contribution in [0.1, 0.15) is 24.2 Å². The molecule has 0 saturated carbocycles. The molecule has 0 aromatic heterocycles. The van der Waals surface area contributed by atoms with Gasteiger partial charge in [-0.05, 0) is 12.1 Å². The monoisotopic (exact) mass is 256 g/mol. The van der Waals surface area contributed by atoms with Crippen LogP contribution in [0.2, 0.25) is 0 Å². The number of carboxylic acid groups (broad SMARTS) is 1. The van der Waals surface area contributed by atoms with E-state index in [1.54, 1.807) is 18.2 Å². The van der Waals surface area contributed by atoms with Gasteiger partial charge in [0.05, 0.1) is 12.4 Å². The molecule has 0 spiro atoms. The van der Waals surface area contributed by atoms with Crippen LogP contribution in [0, 0.1) is 0 Å². The number of benzene rings is 1. The number of aromatic carboxylic acids is 1. The van der Waals surface area contributed by atoms with E-state index in [9.17, 15) is 9.00 Å². The molecule has 0 bridgehead atoms. The van der Waals surface area contributed by atoms with Gasteiger partial charge in [-0.15, -0.1) is 0 Å². The Morgan fingerprint density at radius 1 is 1.41 bits per heavy atom. The third-order valence-electron chi connectivity index (χ3n) is 2.19. The quantitative estimate of drug-likeness (QED) is 0.844. The first-order chi connectivity index (χ1) is 8.02. The van der Waals surface area contributed by atoms with E-state index >= 15 is 0 Å². The van der Waals surface area contributed by atoms with Crippen LogP contribution in [-0.2, 0) is 10.8 Å². The summed E-state index contributed by atoms with van der Waals surface area (Å²) < 4.78 is 16.8. The molecule has 0 aliphatic heterocycles. The number of carbonyl (C=O) groups is 1. The van der Waals surface area contributed by atoms with Crippen molar-refractivity contribution in [3.8, 4) is 5.75 Å². The van der Waals surface area contributed by atoms with Gasteiger partial charge in [-0.3, -0.25) is 4.21 Å². The first kappa shape index (κ1) is 13.7. The second kappa shape index (κ2) is 6.39. The molecule has 0 aliphatic rings. The fraction of sp³-hybridized carbons (Fsp3) is 0.417. The van der Waals surface area contributed by atoms with Gasteiger partial charge in [0.1, 0.15) is 11.3 Å². The van der Waals surface area contributed by atoms with Gasteiger partial charge >= 0.3 is 5.97 Å². The third-order valence-corrected chi connectivity index (χ3v) is 3.81. The fourth-order valence-corrected chi connectivity index (χ4v) is 1.96. The lowest BCUT2D eigenvalue weighted by molar-refractivity contribution is 0.0692. The van der Waals surface area contributed by atoms with Gasteiger partial charge in [-0.25, -0.2) is 4.79 Å². The number of hydrogen-bond donors (Lipinski definition) is 1. The minimum atomic E-state index is -1.02. The standard InChI is InChI=1S/C12H16O4S/c1-9(2)17(15)8-7-16-11-6-4-3-5-10(11)12(13)14/h3-6,9H,7-8H2,1-2H3,(H,13,14). The summed E-state index contributed by atoms with van der Waals surface area (Å²) in [6, 6.07) is 6.43. The average Bonchev–Trinajstić information content (AvgIpc) is 2.29. The maximum Gasteiger partial charge on any atom is 0.339 e. The number of carboxylic acids is 1. The molecular weight excluding hydrogens is 240 g/mol. The summed E-state index contributed by atoms with van der Waals surface area (Å²) in [7, 11) is -0.935. The van der Waals surface area contributed by atoms with E-state index in [-0.39, 0.29) is 17.4 Å². The van der Waals surface area contributed by atoms with Crippen molar-refractivity contribution < 1.29 is 18.8 Å². The summed E-state index contributed by atoms with van der Waals surface area (Å²) in [5.74, 6) is -0.294. The SMILES string of the molecule is CC(C)S(=O)CCOc1ccccc1C(=O)O. The van der Waals surface area contributed by atoms with Crippen LogP contribution in [0.5, 0.6) is 5.75 Å². The molecule has 0 heterocycles. The number of hydrogen-bond acceptors (Lipinski definition) is 3. The van der Waals surface area contributed by atoms with Crippen LogP contribution >= 0.6 is 0 Å². The highest BCUT2D eigenvalue weighted by Crippen LogP contribution is 2.17. The van der Waals surface area contributed by atoms with E-state index in [4.69, 9.17) is 9.84 Å². The van der Waals surface area contributed by atoms with E-state index in [0.717, 1.165) is 0 Å². The van der Waals surface area contributed by atoms with Crippen LogP contribution in [0.15, 0.2) is 24.3 Å². The number of ether oxygens (including phenoxy) is 1. The predicted molar refractivity (Wildman–Crippen MR) is 67.0 cm³/mol. The summed E-state index contributed by atoms with van der Waals surface area (Å²) >= 11 is 0. The van der Waals surface area contributed by atoms with Crippen molar-refractivity contribution in [3.05, 3.63) is 29.8 Å². The van der Waals surface area contributed by atoms with Crippen LogP contribution in [0.4, 0.5) is 0 Å². The minimum absolute atomic E-state index is 0.0910. The molecule has 17 heavy (non-hydrogen) atoms. The fourth-order valence-electron chi connectivity index (χ4n) is 1.24. The third kappa shape index (κ3) is 4.19. The van der Waals surface area contributed by atoms with E-state index in [1.165, 1.54) is 6.07 Å². The Morgan fingerprint density at radius 2 is 2.06 bits per heavy atom. The van der Waals surface area contributed by atoms with E-state index in [1.807, 2.05) is 13.8 Å². The van der Waals surface area contributed by atoms with Crippen LogP contribution in [-0.4, -0.2) is 32.9 Å². The van der Waals surface area contributed by atoms with Crippen molar-refractivity contribution in [2.24, 2.45) is 0 Å². The Labute approximate surface area is 103 Å². The normalized spacial score (nSPS) is 12.4. The van der Waals surface area contributed by atoms with Gasteiger partial charge in [0, 0.05) is 16.0 Å².